The molecule has 0 nitrogen and oxygen atoms in total. The Morgan fingerprint density at radius 3 is 1.78 bits per heavy atom. The zero-order valence-corrected chi connectivity index (χ0v) is 7.49. The van der Waals surface area contributed by atoms with Gasteiger partial charge in [-0.2, -0.15) is 0 Å². The average Bonchev–Trinajstić information content (AvgIpc) is 1.91. The molecule has 1 atom stereocenters. The van der Waals surface area contributed by atoms with Gasteiger partial charge in [-0.1, -0.05) is 39.8 Å². The molecule has 0 saturated heterocycles. The molecule has 0 N–H and O–H groups in total. The molecule has 0 amide bonds. The maximum Gasteiger partial charge on any atom is -0.0240 e. The van der Waals surface area contributed by atoms with Gasteiger partial charge in [0, 0.05) is 0 Å². The lowest BCUT2D eigenvalue weighted by Crippen LogP contribution is -1.89. The largest absolute Gasteiger partial charge is 0.0999 e. The van der Waals surface area contributed by atoms with Crippen LogP contribution in [0.1, 0.15) is 41.0 Å². The molecule has 0 bridgehead atoms. The molecule has 0 saturated carbocycles. The van der Waals surface area contributed by atoms with E-state index in [-0.39, 0.29) is 0 Å². The van der Waals surface area contributed by atoms with Crippen molar-refractivity contribution in [1.82, 2.24) is 0 Å². The van der Waals surface area contributed by atoms with Crippen molar-refractivity contribution in [3.8, 4) is 0 Å². The summed E-state index contributed by atoms with van der Waals surface area (Å²) >= 11 is 0. The topological polar surface area (TPSA) is 0 Å². The highest BCUT2D eigenvalue weighted by Crippen LogP contribution is 2.09. The standard InChI is InChI=1S/C7H14.C2H6/c1-5-7(4)6(2)3;1-2/h7H,2,5H2,1,3-4H3;1-2H3. The van der Waals surface area contributed by atoms with Crippen molar-refractivity contribution in [2.75, 3.05) is 0 Å². The summed E-state index contributed by atoms with van der Waals surface area (Å²) in [5.41, 5.74) is 1.29. The van der Waals surface area contributed by atoms with Gasteiger partial charge in [0.25, 0.3) is 0 Å². The third-order valence-electron chi connectivity index (χ3n) is 1.45. The van der Waals surface area contributed by atoms with Crippen LogP contribution in [0.2, 0.25) is 0 Å². The van der Waals surface area contributed by atoms with E-state index in [4.69, 9.17) is 0 Å². The van der Waals surface area contributed by atoms with E-state index in [1.165, 1.54) is 12.0 Å². The lowest BCUT2D eigenvalue weighted by Gasteiger charge is -2.04. The molecule has 0 aromatic heterocycles. The fourth-order valence-electron chi connectivity index (χ4n) is 0.348. The second-order valence-electron chi connectivity index (χ2n) is 2.16. The van der Waals surface area contributed by atoms with Crippen molar-refractivity contribution in [1.29, 1.82) is 0 Å². The van der Waals surface area contributed by atoms with Gasteiger partial charge in [0.2, 0.25) is 0 Å². The lowest BCUT2D eigenvalue weighted by molar-refractivity contribution is 0.658. The molecule has 0 spiro atoms. The smallest absolute Gasteiger partial charge is 0.0240 e. The van der Waals surface area contributed by atoms with E-state index >= 15 is 0 Å². The van der Waals surface area contributed by atoms with Crippen LogP contribution < -0.4 is 0 Å². The first-order chi connectivity index (χ1) is 4.18. The second kappa shape index (κ2) is 7.74. The molecule has 0 heteroatoms. The molecule has 0 rings (SSSR count). The highest BCUT2D eigenvalue weighted by atomic mass is 14.0. The summed E-state index contributed by atoms with van der Waals surface area (Å²) < 4.78 is 0. The van der Waals surface area contributed by atoms with Crippen LogP contribution in [-0.4, -0.2) is 0 Å². The molecule has 0 aromatic carbocycles. The highest BCUT2D eigenvalue weighted by Gasteiger charge is 1.94. The van der Waals surface area contributed by atoms with Gasteiger partial charge >= 0.3 is 0 Å². The number of allylic oxidation sites excluding steroid dienone is 1. The van der Waals surface area contributed by atoms with E-state index in [0.29, 0.717) is 5.92 Å². The number of hydrogen-bond donors (Lipinski definition) is 0. The Morgan fingerprint density at radius 1 is 1.44 bits per heavy atom. The Morgan fingerprint density at radius 2 is 1.78 bits per heavy atom. The van der Waals surface area contributed by atoms with Crippen LogP contribution in [0.4, 0.5) is 0 Å². The third-order valence-corrected chi connectivity index (χ3v) is 1.45. The average molecular weight is 128 g/mol. The van der Waals surface area contributed by atoms with Crippen molar-refractivity contribution in [3.05, 3.63) is 12.2 Å². The van der Waals surface area contributed by atoms with E-state index < -0.39 is 0 Å². The molecule has 0 radical (unpaired) electrons. The minimum Gasteiger partial charge on any atom is -0.0999 e. The van der Waals surface area contributed by atoms with E-state index in [0.717, 1.165) is 0 Å². The van der Waals surface area contributed by atoms with Gasteiger partial charge in [-0.25, -0.2) is 0 Å². The van der Waals surface area contributed by atoms with Gasteiger partial charge < -0.3 is 0 Å². The lowest BCUT2D eigenvalue weighted by atomic mass is 10.0. The van der Waals surface area contributed by atoms with Crippen molar-refractivity contribution in [2.45, 2.75) is 41.0 Å². The molecular weight excluding hydrogens is 108 g/mol. The van der Waals surface area contributed by atoms with Crippen LogP contribution in [-0.2, 0) is 0 Å². The van der Waals surface area contributed by atoms with Crippen LogP contribution in [0.15, 0.2) is 12.2 Å². The zero-order chi connectivity index (χ0) is 7.86. The molecular formula is C9H20. The van der Waals surface area contributed by atoms with E-state index in [1.807, 2.05) is 13.8 Å². The van der Waals surface area contributed by atoms with Crippen LogP contribution in [0.3, 0.4) is 0 Å². The van der Waals surface area contributed by atoms with Crippen LogP contribution in [0.5, 0.6) is 0 Å². The Labute approximate surface area is 60.0 Å². The second-order valence-corrected chi connectivity index (χ2v) is 2.16. The van der Waals surface area contributed by atoms with E-state index in [9.17, 15) is 0 Å². The van der Waals surface area contributed by atoms with Gasteiger partial charge in [-0.3, -0.25) is 0 Å². The molecule has 0 aliphatic carbocycles. The van der Waals surface area contributed by atoms with Crippen LogP contribution in [0.25, 0.3) is 0 Å². The molecule has 0 heterocycles. The summed E-state index contributed by atoms with van der Waals surface area (Å²) in [7, 11) is 0. The van der Waals surface area contributed by atoms with E-state index in [2.05, 4.69) is 27.4 Å². The first-order valence-electron chi connectivity index (χ1n) is 3.83. The fourth-order valence-corrected chi connectivity index (χ4v) is 0.348. The van der Waals surface area contributed by atoms with Gasteiger partial charge in [0.1, 0.15) is 0 Å². The summed E-state index contributed by atoms with van der Waals surface area (Å²) in [6, 6.07) is 0. The first kappa shape index (κ1) is 11.5. The first-order valence-corrected chi connectivity index (χ1v) is 3.83. The maximum atomic E-state index is 3.83. The Bertz CT molecular complexity index is 62.4. The summed E-state index contributed by atoms with van der Waals surface area (Å²) in [4.78, 5) is 0. The minimum absolute atomic E-state index is 0.708. The predicted octanol–water partition coefficient (Wildman–Crippen LogP) is 3.63. The summed E-state index contributed by atoms with van der Waals surface area (Å²) in [6.45, 7) is 14.3. The molecule has 9 heavy (non-hydrogen) atoms. The molecule has 0 aromatic rings. The number of hydrogen-bond acceptors (Lipinski definition) is 0. The van der Waals surface area contributed by atoms with Gasteiger partial charge in [-0.05, 0) is 19.3 Å². The SMILES string of the molecule is C=C(C)C(C)CC.CC. The Kier molecular flexibility index (Phi) is 9.91. The monoisotopic (exact) mass is 128 g/mol. The van der Waals surface area contributed by atoms with Gasteiger partial charge in [0.05, 0.1) is 0 Å². The Balaban J connectivity index is 0. The molecule has 0 aliphatic heterocycles. The van der Waals surface area contributed by atoms with Gasteiger partial charge in [-0.15, -0.1) is 0 Å². The molecule has 0 fully saturated rings. The minimum atomic E-state index is 0.708. The van der Waals surface area contributed by atoms with Crippen LogP contribution >= 0.6 is 0 Å². The van der Waals surface area contributed by atoms with Crippen LogP contribution in [0, 0.1) is 5.92 Å². The normalized spacial score (nSPS) is 11.2. The van der Waals surface area contributed by atoms with Crippen molar-refractivity contribution in [3.63, 3.8) is 0 Å². The van der Waals surface area contributed by atoms with Crippen molar-refractivity contribution < 1.29 is 0 Å². The molecule has 56 valence electrons. The molecule has 0 aliphatic rings. The summed E-state index contributed by atoms with van der Waals surface area (Å²) in [5.74, 6) is 0.708. The van der Waals surface area contributed by atoms with Gasteiger partial charge in [0.15, 0.2) is 0 Å². The highest BCUT2D eigenvalue weighted by molar-refractivity contribution is 4.92. The quantitative estimate of drug-likeness (QED) is 0.498. The predicted molar refractivity (Wildman–Crippen MR) is 45.6 cm³/mol. The third kappa shape index (κ3) is 7.74. The maximum absolute atomic E-state index is 3.83. The van der Waals surface area contributed by atoms with Crippen molar-refractivity contribution in [2.24, 2.45) is 5.92 Å². The Hall–Kier alpha value is -0.260. The number of rotatable bonds is 2. The van der Waals surface area contributed by atoms with E-state index in [1.54, 1.807) is 0 Å². The molecule has 1 unspecified atom stereocenters. The zero-order valence-electron chi connectivity index (χ0n) is 7.49. The summed E-state index contributed by atoms with van der Waals surface area (Å²) in [5, 5.41) is 0. The fraction of sp³-hybridized carbons (Fsp3) is 0.778. The van der Waals surface area contributed by atoms with Crippen molar-refractivity contribution >= 4 is 0 Å². The summed E-state index contributed by atoms with van der Waals surface area (Å²) in [6.07, 6.45) is 1.22.